The second kappa shape index (κ2) is 6.21. The molecule has 7 nitrogen and oxygen atoms in total. The maximum atomic E-state index is 13.1. The molecule has 0 fully saturated rings. The van der Waals surface area contributed by atoms with E-state index in [0.29, 0.717) is 45.6 Å². The standard InChI is InChI=1S/C20H17N3O4/c1-22(2)7-6-12-19(24)14-8-13-11(4-3-5-17(13)23(26)27)15-9-21-10-16(18(14)15)20(12)25/h3-5,8-10,12H,6-7H2,1-2H3. The molecule has 27 heavy (non-hydrogen) atoms. The molecule has 4 rings (SSSR count). The van der Waals surface area contributed by atoms with Crippen LogP contribution in [0.3, 0.4) is 0 Å². The number of hydrogen-bond acceptors (Lipinski definition) is 6. The molecular formula is C20H17N3O4. The maximum absolute atomic E-state index is 13.1. The minimum atomic E-state index is -0.785. The van der Waals surface area contributed by atoms with Gasteiger partial charge in [-0.1, -0.05) is 12.1 Å². The van der Waals surface area contributed by atoms with Crippen LogP contribution in [0.1, 0.15) is 27.1 Å². The Morgan fingerprint density at radius 1 is 1.07 bits per heavy atom. The number of benzene rings is 2. The van der Waals surface area contributed by atoms with E-state index in [1.165, 1.54) is 12.3 Å². The molecule has 1 unspecified atom stereocenters. The number of nitro groups is 1. The van der Waals surface area contributed by atoms with E-state index >= 15 is 0 Å². The smallest absolute Gasteiger partial charge is 0.277 e. The summed E-state index contributed by atoms with van der Waals surface area (Å²) in [7, 11) is 3.76. The first kappa shape index (κ1) is 17.2. The van der Waals surface area contributed by atoms with E-state index in [1.54, 1.807) is 24.4 Å². The number of nitro benzene ring substituents is 1. The zero-order valence-corrected chi connectivity index (χ0v) is 14.9. The SMILES string of the molecule is CN(C)CCC1C(=O)c2cncc3c2c(cc2c([N+](=O)[O-])cccc23)C1=O. The van der Waals surface area contributed by atoms with E-state index in [9.17, 15) is 19.7 Å². The predicted octanol–water partition coefficient (Wildman–Crippen LogP) is 3.24. The van der Waals surface area contributed by atoms with Crippen LogP contribution >= 0.6 is 0 Å². The van der Waals surface area contributed by atoms with Crippen molar-refractivity contribution in [2.45, 2.75) is 6.42 Å². The van der Waals surface area contributed by atoms with Gasteiger partial charge in [-0.05, 0) is 38.5 Å². The van der Waals surface area contributed by atoms with Gasteiger partial charge < -0.3 is 4.90 Å². The minimum absolute atomic E-state index is 0.0643. The van der Waals surface area contributed by atoms with Crippen molar-refractivity contribution in [3.63, 3.8) is 0 Å². The number of pyridine rings is 1. The average molecular weight is 363 g/mol. The highest BCUT2D eigenvalue weighted by Gasteiger charge is 2.36. The van der Waals surface area contributed by atoms with Crippen LogP contribution in [0.25, 0.3) is 21.5 Å². The molecule has 1 aliphatic carbocycles. The summed E-state index contributed by atoms with van der Waals surface area (Å²) in [6.45, 7) is 0.592. The van der Waals surface area contributed by atoms with Crippen LogP contribution < -0.4 is 0 Å². The van der Waals surface area contributed by atoms with Crippen molar-refractivity contribution < 1.29 is 14.5 Å². The molecule has 0 saturated carbocycles. The molecule has 1 heterocycles. The van der Waals surface area contributed by atoms with Gasteiger partial charge in [-0.2, -0.15) is 0 Å². The van der Waals surface area contributed by atoms with Gasteiger partial charge in [0.2, 0.25) is 0 Å². The molecular weight excluding hydrogens is 346 g/mol. The summed E-state index contributed by atoms with van der Waals surface area (Å²) in [5, 5.41) is 13.6. The number of hydrogen-bond donors (Lipinski definition) is 0. The normalized spacial score (nSPS) is 16.5. The van der Waals surface area contributed by atoms with E-state index < -0.39 is 10.8 Å². The van der Waals surface area contributed by atoms with Crippen LogP contribution in [0, 0.1) is 16.0 Å². The molecule has 3 aromatic rings. The number of non-ortho nitro benzene ring substituents is 1. The number of carbonyl (C=O) groups is 2. The van der Waals surface area contributed by atoms with Gasteiger partial charge in [0.15, 0.2) is 11.6 Å². The van der Waals surface area contributed by atoms with E-state index in [0.717, 1.165) is 0 Å². The van der Waals surface area contributed by atoms with Gasteiger partial charge in [0.25, 0.3) is 5.69 Å². The van der Waals surface area contributed by atoms with Crippen molar-refractivity contribution in [1.82, 2.24) is 9.88 Å². The lowest BCUT2D eigenvalue weighted by Crippen LogP contribution is -2.32. The minimum Gasteiger partial charge on any atom is -0.309 e. The first-order chi connectivity index (χ1) is 12.9. The second-order valence-electron chi connectivity index (χ2n) is 7.04. The van der Waals surface area contributed by atoms with Gasteiger partial charge in [0, 0.05) is 40.4 Å². The summed E-state index contributed by atoms with van der Waals surface area (Å²) in [5.41, 5.74) is 0.720. The Kier molecular flexibility index (Phi) is 3.96. The van der Waals surface area contributed by atoms with Gasteiger partial charge >= 0.3 is 0 Å². The summed E-state index contributed by atoms with van der Waals surface area (Å²) in [6.07, 6.45) is 3.46. The summed E-state index contributed by atoms with van der Waals surface area (Å²) < 4.78 is 0. The Labute approximate surface area is 154 Å². The van der Waals surface area contributed by atoms with E-state index in [4.69, 9.17) is 0 Å². The summed E-state index contributed by atoms with van der Waals surface area (Å²) in [6, 6.07) is 6.33. The molecule has 0 radical (unpaired) electrons. The van der Waals surface area contributed by atoms with Crippen LogP contribution in [-0.4, -0.2) is 47.0 Å². The van der Waals surface area contributed by atoms with E-state index in [-0.39, 0.29) is 17.3 Å². The van der Waals surface area contributed by atoms with Crippen molar-refractivity contribution in [2.24, 2.45) is 5.92 Å². The van der Waals surface area contributed by atoms with E-state index in [1.807, 2.05) is 19.0 Å². The highest BCUT2D eigenvalue weighted by Crippen LogP contribution is 2.39. The molecule has 0 bridgehead atoms. The van der Waals surface area contributed by atoms with Crippen LogP contribution in [0.2, 0.25) is 0 Å². The lowest BCUT2D eigenvalue weighted by Gasteiger charge is -2.24. The zero-order valence-electron chi connectivity index (χ0n) is 14.9. The summed E-state index contributed by atoms with van der Waals surface area (Å²) in [5.74, 6) is -1.28. The number of aromatic nitrogens is 1. The fraction of sp³-hybridized carbons (Fsp3) is 0.250. The van der Waals surface area contributed by atoms with Crippen molar-refractivity contribution in [3.05, 3.63) is 57.9 Å². The third kappa shape index (κ3) is 2.59. The molecule has 1 aromatic heterocycles. The highest BCUT2D eigenvalue weighted by atomic mass is 16.6. The first-order valence-corrected chi connectivity index (χ1v) is 8.61. The predicted molar refractivity (Wildman–Crippen MR) is 101 cm³/mol. The number of rotatable bonds is 4. The Morgan fingerprint density at radius 3 is 2.52 bits per heavy atom. The Hall–Kier alpha value is -3.19. The van der Waals surface area contributed by atoms with Crippen molar-refractivity contribution in [3.8, 4) is 0 Å². The van der Waals surface area contributed by atoms with Gasteiger partial charge in [0.1, 0.15) is 0 Å². The van der Waals surface area contributed by atoms with Gasteiger partial charge in [-0.25, -0.2) is 0 Å². The molecule has 136 valence electrons. The molecule has 0 amide bonds. The van der Waals surface area contributed by atoms with Gasteiger partial charge in [0.05, 0.1) is 16.2 Å². The third-order valence-electron chi connectivity index (χ3n) is 5.10. The third-order valence-corrected chi connectivity index (χ3v) is 5.10. The highest BCUT2D eigenvalue weighted by molar-refractivity contribution is 6.32. The Morgan fingerprint density at radius 2 is 1.81 bits per heavy atom. The molecule has 1 atom stereocenters. The van der Waals surface area contributed by atoms with Crippen molar-refractivity contribution >= 4 is 38.8 Å². The summed E-state index contributed by atoms with van der Waals surface area (Å²) in [4.78, 5) is 43.2. The molecule has 0 N–H and O–H groups in total. The zero-order chi connectivity index (χ0) is 19.3. The van der Waals surface area contributed by atoms with Gasteiger partial charge in [-0.15, -0.1) is 0 Å². The quantitative estimate of drug-likeness (QED) is 0.306. The molecule has 0 saturated heterocycles. The Balaban J connectivity index is 2.03. The molecule has 1 aliphatic rings. The Bertz CT molecular complexity index is 1140. The number of ketones is 2. The van der Waals surface area contributed by atoms with Crippen LogP contribution in [0.5, 0.6) is 0 Å². The molecule has 0 aliphatic heterocycles. The average Bonchev–Trinajstić information content (AvgIpc) is 2.64. The topological polar surface area (TPSA) is 93.4 Å². The lowest BCUT2D eigenvalue weighted by molar-refractivity contribution is -0.383. The number of carbonyl (C=O) groups excluding carboxylic acids is 2. The fourth-order valence-corrected chi connectivity index (χ4v) is 3.80. The monoisotopic (exact) mass is 363 g/mol. The first-order valence-electron chi connectivity index (χ1n) is 8.61. The second-order valence-corrected chi connectivity index (χ2v) is 7.04. The van der Waals surface area contributed by atoms with Crippen LogP contribution in [0.15, 0.2) is 36.7 Å². The van der Waals surface area contributed by atoms with Crippen LogP contribution in [-0.2, 0) is 0 Å². The summed E-state index contributed by atoms with van der Waals surface area (Å²) >= 11 is 0. The largest absolute Gasteiger partial charge is 0.309 e. The number of nitrogens with zero attached hydrogens (tertiary/aromatic N) is 3. The number of Topliss-reactive ketones (excluding diaryl/α,β-unsaturated/α-hetero) is 2. The van der Waals surface area contributed by atoms with Crippen molar-refractivity contribution in [2.75, 3.05) is 20.6 Å². The fourth-order valence-electron chi connectivity index (χ4n) is 3.80. The lowest BCUT2D eigenvalue weighted by atomic mass is 9.78. The number of fused-ring (bicyclic) bond motifs is 2. The van der Waals surface area contributed by atoms with Gasteiger partial charge in [-0.3, -0.25) is 24.7 Å². The molecule has 2 aromatic carbocycles. The van der Waals surface area contributed by atoms with Crippen molar-refractivity contribution in [1.29, 1.82) is 0 Å². The molecule has 0 spiro atoms. The maximum Gasteiger partial charge on any atom is 0.277 e. The van der Waals surface area contributed by atoms with E-state index in [2.05, 4.69) is 4.98 Å². The molecule has 7 heteroatoms. The van der Waals surface area contributed by atoms with Crippen LogP contribution in [0.4, 0.5) is 5.69 Å².